The number of benzene rings is 2. The van der Waals surface area contributed by atoms with Gasteiger partial charge in [-0.1, -0.05) is 37.3 Å². The molecule has 0 fully saturated rings. The largest absolute Gasteiger partial charge is 0.343 e. The van der Waals surface area contributed by atoms with Crippen LogP contribution in [0.3, 0.4) is 0 Å². The Morgan fingerprint density at radius 1 is 1.13 bits per heavy atom. The third kappa shape index (κ3) is 4.31. The van der Waals surface area contributed by atoms with Crippen LogP contribution in [0.5, 0.6) is 0 Å². The van der Waals surface area contributed by atoms with Crippen LogP contribution in [-0.4, -0.2) is 10.4 Å². The Balaban J connectivity index is 2.26. The lowest BCUT2D eigenvalue weighted by atomic mass is 9.96. The van der Waals surface area contributed by atoms with Crippen molar-refractivity contribution in [1.82, 2.24) is 4.57 Å². The fourth-order valence-corrected chi connectivity index (χ4v) is 3.68. The average Bonchev–Trinajstić information content (AvgIpc) is 2.78. The van der Waals surface area contributed by atoms with Crippen LogP contribution in [0.15, 0.2) is 59.5 Å². The second-order valence-electron chi connectivity index (χ2n) is 7.35. The van der Waals surface area contributed by atoms with Crippen molar-refractivity contribution in [1.29, 1.82) is 5.26 Å². The molecule has 0 amide bonds. The maximum Gasteiger partial charge on any atom is 0.263 e. The molecular formula is C25H22F2N2O2. The molecule has 0 saturated heterocycles. The number of alkyl halides is 2. The zero-order valence-electron chi connectivity index (χ0n) is 17.5. The molecule has 0 spiro atoms. The summed E-state index contributed by atoms with van der Waals surface area (Å²) in [6, 6.07) is 14.6. The smallest absolute Gasteiger partial charge is 0.263 e. The van der Waals surface area contributed by atoms with Crippen LogP contribution < -0.4 is 5.43 Å². The summed E-state index contributed by atoms with van der Waals surface area (Å²) in [5, 5.41) is 9.03. The van der Waals surface area contributed by atoms with Gasteiger partial charge in [0.2, 0.25) is 0 Å². The van der Waals surface area contributed by atoms with Crippen molar-refractivity contribution in [2.24, 2.45) is 0 Å². The average molecular weight is 420 g/mol. The van der Waals surface area contributed by atoms with Crippen LogP contribution in [0.25, 0.3) is 11.1 Å². The van der Waals surface area contributed by atoms with Crippen LogP contribution in [0, 0.1) is 18.3 Å². The van der Waals surface area contributed by atoms with E-state index in [9.17, 15) is 18.4 Å². The van der Waals surface area contributed by atoms with Gasteiger partial charge in [0, 0.05) is 29.4 Å². The van der Waals surface area contributed by atoms with Gasteiger partial charge >= 0.3 is 0 Å². The van der Waals surface area contributed by atoms with Gasteiger partial charge in [-0.05, 0) is 43.2 Å². The summed E-state index contributed by atoms with van der Waals surface area (Å²) in [5.41, 5.74) is 1.96. The Labute approximate surface area is 179 Å². The van der Waals surface area contributed by atoms with E-state index in [0.29, 0.717) is 16.8 Å². The highest BCUT2D eigenvalue weighted by Crippen LogP contribution is 2.29. The summed E-state index contributed by atoms with van der Waals surface area (Å²) in [7, 11) is 0. The van der Waals surface area contributed by atoms with Gasteiger partial charge in [-0.25, -0.2) is 8.78 Å². The van der Waals surface area contributed by atoms with Gasteiger partial charge in [-0.15, -0.1) is 0 Å². The molecule has 0 aliphatic carbocycles. The van der Waals surface area contributed by atoms with Gasteiger partial charge < -0.3 is 4.57 Å². The maximum absolute atomic E-state index is 13.3. The van der Waals surface area contributed by atoms with Crippen molar-refractivity contribution in [3.05, 3.63) is 92.9 Å². The molecule has 0 saturated carbocycles. The predicted molar refractivity (Wildman–Crippen MR) is 115 cm³/mol. The number of carbonyl (C=O) groups excluding carboxylic acids is 1. The Kier molecular flexibility index (Phi) is 6.45. The van der Waals surface area contributed by atoms with E-state index in [0.717, 1.165) is 5.56 Å². The number of nitrogens with zero attached hydrogens (tertiary/aromatic N) is 2. The molecule has 0 N–H and O–H groups in total. The highest BCUT2D eigenvalue weighted by atomic mass is 19.3. The summed E-state index contributed by atoms with van der Waals surface area (Å²) in [6.07, 6.45) is -0.965. The van der Waals surface area contributed by atoms with Crippen molar-refractivity contribution in [2.45, 2.75) is 39.7 Å². The molecule has 2 aromatic carbocycles. The first-order valence-corrected chi connectivity index (χ1v) is 9.96. The molecule has 158 valence electrons. The quantitative estimate of drug-likeness (QED) is 0.471. The molecule has 1 unspecified atom stereocenters. The van der Waals surface area contributed by atoms with Crippen molar-refractivity contribution in [3.8, 4) is 17.2 Å². The van der Waals surface area contributed by atoms with Crippen LogP contribution in [0.2, 0.25) is 0 Å². The molecule has 4 nitrogen and oxygen atoms in total. The number of carbonyl (C=O) groups is 1. The highest BCUT2D eigenvalue weighted by molar-refractivity contribution is 5.96. The van der Waals surface area contributed by atoms with Gasteiger partial charge in [0.15, 0.2) is 11.2 Å². The van der Waals surface area contributed by atoms with E-state index in [-0.39, 0.29) is 34.9 Å². The molecule has 0 bridgehead atoms. The number of Topliss-reactive ketones (excluding diaryl/α,β-unsaturated/α-hetero) is 1. The van der Waals surface area contributed by atoms with E-state index >= 15 is 0 Å². The van der Waals surface area contributed by atoms with Gasteiger partial charge in [0.25, 0.3) is 6.43 Å². The van der Waals surface area contributed by atoms with E-state index in [1.54, 1.807) is 38.2 Å². The lowest BCUT2D eigenvalue weighted by molar-refractivity contribution is 0.0986. The summed E-state index contributed by atoms with van der Waals surface area (Å²) >= 11 is 0. The Morgan fingerprint density at radius 2 is 1.81 bits per heavy atom. The standard InChI is InChI=1S/C25H22F2N2O2/c1-4-22(30)21-14-29(15(2)18-10-8-17(13-28)9-11-18)16(3)23(24(21)31)19-6-5-7-20(12-19)25(26)27/h5-12,14-15,25H,4H2,1-3H3. The zero-order chi connectivity index (χ0) is 22.7. The number of nitriles is 1. The molecule has 1 atom stereocenters. The number of aromatic nitrogens is 1. The number of rotatable bonds is 6. The van der Waals surface area contributed by atoms with E-state index in [1.807, 2.05) is 23.6 Å². The molecule has 0 aliphatic rings. The maximum atomic E-state index is 13.3. The Morgan fingerprint density at radius 3 is 2.39 bits per heavy atom. The monoisotopic (exact) mass is 420 g/mol. The van der Waals surface area contributed by atoms with Crippen LogP contribution in [0.4, 0.5) is 8.78 Å². The number of halogens is 2. The van der Waals surface area contributed by atoms with E-state index < -0.39 is 11.9 Å². The zero-order valence-corrected chi connectivity index (χ0v) is 17.5. The van der Waals surface area contributed by atoms with Crippen molar-refractivity contribution >= 4 is 5.78 Å². The fourth-order valence-electron chi connectivity index (χ4n) is 3.68. The number of hydrogen-bond acceptors (Lipinski definition) is 3. The van der Waals surface area contributed by atoms with E-state index in [2.05, 4.69) is 6.07 Å². The molecule has 0 aliphatic heterocycles. The minimum Gasteiger partial charge on any atom is -0.343 e. The minimum atomic E-state index is -2.67. The summed E-state index contributed by atoms with van der Waals surface area (Å²) in [5.74, 6) is -0.308. The predicted octanol–water partition coefficient (Wildman–Crippen LogP) is 5.84. The first-order chi connectivity index (χ1) is 14.8. The first-order valence-electron chi connectivity index (χ1n) is 9.96. The second kappa shape index (κ2) is 9.05. The first kappa shape index (κ1) is 22.1. The number of pyridine rings is 1. The molecule has 0 radical (unpaired) electrons. The molecular weight excluding hydrogens is 398 g/mol. The topological polar surface area (TPSA) is 62.9 Å². The molecule has 3 rings (SSSR count). The Hall–Kier alpha value is -3.59. The van der Waals surface area contributed by atoms with Crippen molar-refractivity contribution in [2.75, 3.05) is 0 Å². The third-order valence-corrected chi connectivity index (χ3v) is 5.48. The normalized spacial score (nSPS) is 11.9. The lowest BCUT2D eigenvalue weighted by Crippen LogP contribution is -2.24. The van der Waals surface area contributed by atoms with Crippen LogP contribution in [0.1, 0.15) is 65.5 Å². The van der Waals surface area contributed by atoms with Crippen LogP contribution in [-0.2, 0) is 0 Å². The summed E-state index contributed by atoms with van der Waals surface area (Å²) < 4.78 is 28.3. The van der Waals surface area contributed by atoms with E-state index in [1.165, 1.54) is 18.2 Å². The minimum absolute atomic E-state index is 0.0334. The van der Waals surface area contributed by atoms with Gasteiger partial charge in [0.05, 0.1) is 23.2 Å². The molecule has 6 heteroatoms. The van der Waals surface area contributed by atoms with Gasteiger partial charge in [0.1, 0.15) is 0 Å². The fraction of sp³-hybridized carbons (Fsp3) is 0.240. The molecule has 1 aromatic heterocycles. The van der Waals surface area contributed by atoms with Gasteiger partial charge in [-0.3, -0.25) is 9.59 Å². The lowest BCUT2D eigenvalue weighted by Gasteiger charge is -2.23. The second-order valence-corrected chi connectivity index (χ2v) is 7.35. The van der Waals surface area contributed by atoms with Crippen LogP contribution >= 0.6 is 0 Å². The summed E-state index contributed by atoms with van der Waals surface area (Å²) in [6.45, 7) is 5.33. The Bertz CT molecular complexity index is 1220. The van der Waals surface area contributed by atoms with Gasteiger partial charge in [-0.2, -0.15) is 5.26 Å². The van der Waals surface area contributed by atoms with Crippen molar-refractivity contribution in [3.63, 3.8) is 0 Å². The molecule has 31 heavy (non-hydrogen) atoms. The SMILES string of the molecule is CCC(=O)c1cn(C(C)c2ccc(C#N)cc2)c(C)c(-c2cccc(C(F)F)c2)c1=O. The summed E-state index contributed by atoms with van der Waals surface area (Å²) in [4.78, 5) is 25.7. The van der Waals surface area contributed by atoms with Crippen molar-refractivity contribution < 1.29 is 13.6 Å². The third-order valence-electron chi connectivity index (χ3n) is 5.48. The molecule has 1 heterocycles. The number of hydrogen-bond donors (Lipinski definition) is 0. The molecule has 3 aromatic rings. The highest BCUT2D eigenvalue weighted by Gasteiger charge is 2.22. The number of ketones is 1. The van der Waals surface area contributed by atoms with E-state index in [4.69, 9.17) is 5.26 Å².